The zero-order valence-electron chi connectivity index (χ0n) is 55.6. The fourth-order valence-electron chi connectivity index (χ4n) is 10.8. The summed E-state index contributed by atoms with van der Waals surface area (Å²) in [6.07, 6.45) is 31.5. The standard InChI is InChI=1S/C67H127N7O12/c1-10-12-14-16-18-20-22-24-26-28-30-32-34-36-38-44-50-73(56(76)47-39-37-35-33-31-29-27-25-23-21-19-17-15-13-11-2)63-57(59(78)58(77)55(51-75)84-63)72-60(79)52(3)70-61(80)54(46-41-43-49-69)74(65(83)86-67(7,8)9)62(81)53(45-40-42-48-68)71-64(82)85-66(4,5)6/h25,27,52-55,57-59,63,75,77-78H,10-24,26,28-51,68-69H2,1-9H3,(H,70,80)(H,71,82)(H,72,79)/t52-,53-,54-,55+,57+,58+,59+,63+/m0/s1. The number of nitrogens with zero attached hydrogens (tertiary/aromatic N) is 2. The quantitative estimate of drug-likeness (QED) is 0.0208. The largest absolute Gasteiger partial charge is 0.444 e. The molecule has 1 saturated heterocycles. The monoisotopic (exact) mass is 1220 g/mol. The maximum absolute atomic E-state index is 14.8. The molecule has 0 radical (unpaired) electrons. The third-order valence-corrected chi connectivity index (χ3v) is 15.8. The normalized spacial score (nSPS) is 18.3. The second kappa shape index (κ2) is 48.0. The van der Waals surface area contributed by atoms with Gasteiger partial charge in [0.05, 0.1) is 6.61 Å². The maximum atomic E-state index is 14.8. The van der Waals surface area contributed by atoms with Crippen molar-refractivity contribution in [2.24, 2.45) is 11.5 Å². The van der Waals surface area contributed by atoms with E-state index < -0.39 is 96.4 Å². The van der Waals surface area contributed by atoms with Crippen molar-refractivity contribution in [2.75, 3.05) is 26.2 Å². The fourth-order valence-corrected chi connectivity index (χ4v) is 10.8. The number of hydrogen-bond donors (Lipinski definition) is 8. The fraction of sp³-hybridized carbons (Fsp3) is 0.881. The first kappa shape index (κ1) is 80.1. The molecule has 1 fully saturated rings. The van der Waals surface area contributed by atoms with E-state index in [4.69, 9.17) is 25.7 Å². The Bertz CT molecular complexity index is 1850. The van der Waals surface area contributed by atoms with Gasteiger partial charge in [0, 0.05) is 13.0 Å². The van der Waals surface area contributed by atoms with Crippen LogP contribution in [0.4, 0.5) is 9.59 Å². The molecule has 0 saturated carbocycles. The number of amides is 6. The topological polar surface area (TPSA) is 285 Å². The molecule has 1 heterocycles. The number of ether oxygens (including phenoxy) is 3. The molecule has 0 bridgehead atoms. The van der Waals surface area contributed by atoms with Crippen molar-refractivity contribution in [3.8, 4) is 0 Å². The van der Waals surface area contributed by atoms with Crippen molar-refractivity contribution in [3.05, 3.63) is 12.2 Å². The molecule has 0 spiro atoms. The SMILES string of the molecule is CCCCCCCCC=CCCCCCCCC(=O)N(CCCCCCCCCCCCCCCCCC)[C@@H]1O[C@H](CO)[C@@H](O)[C@H](O)[C@H]1NC(=O)[C@H](C)NC(=O)[C@H](CCCCN)N(C(=O)OC(C)(C)C)C(=O)[C@H](CCCCN)NC(=O)OC(C)(C)C. The van der Waals surface area contributed by atoms with Crippen LogP contribution < -0.4 is 27.4 Å². The highest BCUT2D eigenvalue weighted by molar-refractivity contribution is 6.02. The minimum Gasteiger partial charge on any atom is -0.444 e. The lowest BCUT2D eigenvalue weighted by Gasteiger charge is -2.47. The highest BCUT2D eigenvalue weighted by Gasteiger charge is 2.49. The molecule has 19 nitrogen and oxygen atoms in total. The first-order chi connectivity index (χ1) is 41.1. The number of nitrogens with one attached hydrogen (secondary N) is 3. The lowest BCUT2D eigenvalue weighted by molar-refractivity contribution is -0.231. The molecular formula is C67H127N7O12. The van der Waals surface area contributed by atoms with E-state index in [1.807, 2.05) is 0 Å². The Morgan fingerprint density at radius 3 is 1.49 bits per heavy atom. The van der Waals surface area contributed by atoms with Crippen molar-refractivity contribution in [3.63, 3.8) is 0 Å². The van der Waals surface area contributed by atoms with Gasteiger partial charge in [-0.1, -0.05) is 174 Å². The summed E-state index contributed by atoms with van der Waals surface area (Å²) in [5.41, 5.74) is 9.60. The van der Waals surface area contributed by atoms with Crippen LogP contribution in [0.2, 0.25) is 0 Å². The Hall–Kier alpha value is -3.88. The van der Waals surface area contributed by atoms with Crippen molar-refractivity contribution >= 4 is 35.8 Å². The molecule has 1 aliphatic heterocycles. The average Bonchev–Trinajstić information content (AvgIpc) is 1.14. The zero-order chi connectivity index (χ0) is 64.2. The van der Waals surface area contributed by atoms with E-state index in [0.717, 1.165) is 64.2 Å². The first-order valence-corrected chi connectivity index (χ1v) is 34.2. The van der Waals surface area contributed by atoms with Gasteiger partial charge in [-0.05, 0) is 139 Å². The molecular weight excluding hydrogens is 1090 g/mol. The van der Waals surface area contributed by atoms with Crippen LogP contribution in [-0.4, -0.2) is 147 Å². The number of alkyl carbamates (subject to hydrolysis) is 1. The molecule has 19 heteroatoms. The van der Waals surface area contributed by atoms with E-state index in [1.54, 1.807) is 41.5 Å². The number of carbonyl (C=O) groups excluding carboxylic acids is 6. The molecule has 0 aromatic carbocycles. The molecule has 10 N–H and O–H groups in total. The van der Waals surface area contributed by atoms with Crippen molar-refractivity contribution in [1.82, 2.24) is 25.8 Å². The summed E-state index contributed by atoms with van der Waals surface area (Å²) in [6, 6.07) is -5.72. The predicted molar refractivity (Wildman–Crippen MR) is 344 cm³/mol. The molecule has 1 rings (SSSR count). The number of carbonyl (C=O) groups is 6. The molecule has 0 aromatic heterocycles. The zero-order valence-corrected chi connectivity index (χ0v) is 55.6. The number of unbranched alkanes of at least 4 members (excludes halogenated alkanes) is 28. The van der Waals surface area contributed by atoms with Gasteiger partial charge in [0.15, 0.2) is 6.23 Å². The summed E-state index contributed by atoms with van der Waals surface area (Å²) in [6.45, 7) is 15.8. The van der Waals surface area contributed by atoms with Crippen LogP contribution >= 0.6 is 0 Å². The highest BCUT2D eigenvalue weighted by atomic mass is 16.6. The Balaban J connectivity index is 3.42. The Labute approximate surface area is 521 Å². The lowest BCUT2D eigenvalue weighted by Crippen LogP contribution is -2.70. The van der Waals surface area contributed by atoms with Crippen LogP contribution in [0.25, 0.3) is 0 Å². The smallest absolute Gasteiger partial charge is 0.417 e. The number of aliphatic hydroxyl groups is 3. The van der Waals surface area contributed by atoms with E-state index in [0.29, 0.717) is 43.5 Å². The Morgan fingerprint density at radius 2 is 1.02 bits per heavy atom. The number of allylic oxidation sites excluding steroid dienone is 2. The summed E-state index contributed by atoms with van der Waals surface area (Å²) in [5.74, 6) is -2.93. The first-order valence-electron chi connectivity index (χ1n) is 34.2. The third kappa shape index (κ3) is 36.6. The van der Waals surface area contributed by atoms with Gasteiger partial charge in [-0.25, -0.2) is 14.5 Å². The number of aliphatic hydroxyl groups excluding tert-OH is 3. The van der Waals surface area contributed by atoms with Gasteiger partial charge in [-0.3, -0.25) is 19.2 Å². The number of imide groups is 1. The minimum atomic E-state index is -1.71. The molecule has 8 atom stereocenters. The van der Waals surface area contributed by atoms with E-state index in [2.05, 4.69) is 41.9 Å². The number of nitrogens with two attached hydrogens (primary N) is 2. The molecule has 6 amide bonds. The lowest BCUT2D eigenvalue weighted by atomic mass is 9.94. The van der Waals surface area contributed by atoms with Gasteiger partial charge in [0.1, 0.15) is 53.7 Å². The van der Waals surface area contributed by atoms with Gasteiger partial charge in [-0.2, -0.15) is 0 Å². The van der Waals surface area contributed by atoms with E-state index in [-0.39, 0.29) is 44.7 Å². The molecule has 0 aromatic rings. The van der Waals surface area contributed by atoms with Crippen molar-refractivity contribution in [2.45, 2.75) is 353 Å². The van der Waals surface area contributed by atoms with Crippen LogP contribution in [0.1, 0.15) is 293 Å². The second-order valence-electron chi connectivity index (χ2n) is 26.2. The summed E-state index contributed by atoms with van der Waals surface area (Å²) in [5, 5.41) is 41.5. The van der Waals surface area contributed by atoms with Gasteiger partial charge in [0.25, 0.3) is 5.91 Å². The number of hydrogen-bond acceptors (Lipinski definition) is 14. The molecule has 0 aliphatic carbocycles. The second-order valence-corrected chi connectivity index (χ2v) is 26.2. The molecule has 1 aliphatic rings. The molecule has 502 valence electrons. The van der Waals surface area contributed by atoms with Crippen molar-refractivity contribution in [1.29, 1.82) is 0 Å². The van der Waals surface area contributed by atoms with Crippen LogP contribution in [0.5, 0.6) is 0 Å². The third-order valence-electron chi connectivity index (χ3n) is 15.8. The van der Waals surface area contributed by atoms with E-state index in [1.165, 1.54) is 121 Å². The summed E-state index contributed by atoms with van der Waals surface area (Å²) in [7, 11) is 0. The van der Waals surface area contributed by atoms with Gasteiger partial charge >= 0.3 is 12.2 Å². The summed E-state index contributed by atoms with van der Waals surface area (Å²) in [4.78, 5) is 88.0. The molecule has 86 heavy (non-hydrogen) atoms. The van der Waals surface area contributed by atoms with E-state index >= 15 is 0 Å². The summed E-state index contributed by atoms with van der Waals surface area (Å²) < 4.78 is 17.5. The highest BCUT2D eigenvalue weighted by Crippen LogP contribution is 2.27. The maximum Gasteiger partial charge on any atom is 0.417 e. The van der Waals surface area contributed by atoms with Crippen LogP contribution in [0.15, 0.2) is 12.2 Å². The minimum absolute atomic E-state index is 0.0386. The molecule has 0 unspecified atom stereocenters. The van der Waals surface area contributed by atoms with Crippen LogP contribution in [0, 0.1) is 0 Å². The van der Waals surface area contributed by atoms with Gasteiger partial charge in [0.2, 0.25) is 17.7 Å². The van der Waals surface area contributed by atoms with Gasteiger partial charge in [-0.15, -0.1) is 0 Å². The Kier molecular flexibility index (Phi) is 44.8. The Morgan fingerprint density at radius 1 is 0.570 bits per heavy atom. The van der Waals surface area contributed by atoms with Gasteiger partial charge < -0.3 is 61.8 Å². The average molecular weight is 1220 g/mol. The van der Waals surface area contributed by atoms with Crippen molar-refractivity contribution < 1.29 is 58.3 Å². The van der Waals surface area contributed by atoms with Crippen LogP contribution in [-0.2, 0) is 33.4 Å². The summed E-state index contributed by atoms with van der Waals surface area (Å²) >= 11 is 0. The van der Waals surface area contributed by atoms with Crippen LogP contribution in [0.3, 0.4) is 0 Å². The predicted octanol–water partition coefficient (Wildman–Crippen LogP) is 11.8. The van der Waals surface area contributed by atoms with E-state index in [9.17, 15) is 44.1 Å². The number of rotatable bonds is 49.